The summed E-state index contributed by atoms with van der Waals surface area (Å²) in [5.74, 6) is 3.76. The molecule has 0 aliphatic heterocycles. The smallest absolute Gasteiger partial charge is 0.140 e. The van der Waals surface area contributed by atoms with Crippen molar-refractivity contribution in [3.8, 4) is 0 Å². The van der Waals surface area contributed by atoms with Crippen LogP contribution in [0, 0.1) is 11.8 Å². The molecule has 0 radical (unpaired) electrons. The Morgan fingerprint density at radius 3 is 1.29 bits per heavy atom. The average Bonchev–Trinajstić information content (AvgIpc) is 3.09. The summed E-state index contributed by atoms with van der Waals surface area (Å²) in [7, 11) is 0. The van der Waals surface area contributed by atoms with Gasteiger partial charge in [0.25, 0.3) is 0 Å². The molecule has 0 saturated heterocycles. The Bertz CT molecular complexity index is 845. The van der Waals surface area contributed by atoms with Crippen LogP contribution in [0.5, 0.6) is 0 Å². The van der Waals surface area contributed by atoms with Crippen molar-refractivity contribution in [2.45, 2.75) is 169 Å². The first kappa shape index (κ1) is 38.1. The van der Waals surface area contributed by atoms with E-state index in [4.69, 9.17) is 0 Å². The van der Waals surface area contributed by atoms with E-state index >= 15 is 0 Å². The molecule has 1 atom stereocenters. The first-order valence-electron chi connectivity index (χ1n) is 17.9. The molecule has 0 amide bonds. The zero-order chi connectivity index (χ0) is 29.5. The van der Waals surface area contributed by atoms with E-state index < -0.39 is 0 Å². The molecule has 4 aliphatic rings. The van der Waals surface area contributed by atoms with Gasteiger partial charge >= 0.3 is 0 Å². The van der Waals surface area contributed by atoms with Crippen molar-refractivity contribution in [3.63, 3.8) is 0 Å². The highest BCUT2D eigenvalue weighted by atomic mass is 16.1. The number of ketones is 1. The minimum Gasteiger partial charge on any atom is -0.299 e. The van der Waals surface area contributed by atoms with E-state index in [9.17, 15) is 4.79 Å². The molecule has 1 unspecified atom stereocenters. The molecule has 0 bridgehead atoms. The van der Waals surface area contributed by atoms with E-state index in [1.165, 1.54) is 82.6 Å². The van der Waals surface area contributed by atoms with Crippen LogP contribution in [-0.4, -0.2) is 5.78 Å². The highest BCUT2D eigenvalue weighted by molar-refractivity contribution is 5.86. The number of benzene rings is 2. The van der Waals surface area contributed by atoms with Crippen LogP contribution in [0.2, 0.25) is 0 Å². The van der Waals surface area contributed by atoms with Crippen molar-refractivity contribution >= 4 is 5.78 Å². The second-order valence-corrected chi connectivity index (χ2v) is 12.2. The molecule has 0 spiro atoms. The number of rotatable bonds is 3. The Morgan fingerprint density at radius 1 is 0.476 bits per heavy atom. The third-order valence-corrected chi connectivity index (χ3v) is 9.60. The summed E-state index contributed by atoms with van der Waals surface area (Å²) in [5.41, 5.74) is 2.75. The Hall–Kier alpha value is -1.89. The highest BCUT2D eigenvalue weighted by Crippen LogP contribution is 2.38. The van der Waals surface area contributed by atoms with Crippen molar-refractivity contribution in [2.24, 2.45) is 11.8 Å². The van der Waals surface area contributed by atoms with Crippen molar-refractivity contribution in [1.29, 1.82) is 0 Å². The lowest BCUT2D eigenvalue weighted by atomic mass is 9.73. The predicted octanol–water partition coefficient (Wildman–Crippen LogP) is 13.7. The highest BCUT2D eigenvalue weighted by Gasteiger charge is 2.25. The molecule has 1 nitrogen and oxygen atoms in total. The third-order valence-electron chi connectivity index (χ3n) is 9.60. The maximum atomic E-state index is 11.6. The van der Waals surface area contributed by atoms with Gasteiger partial charge in [-0.15, -0.1) is 0 Å². The van der Waals surface area contributed by atoms with Crippen LogP contribution in [0.25, 0.3) is 0 Å². The van der Waals surface area contributed by atoms with E-state index in [2.05, 4.69) is 42.5 Å². The number of hydrogen-bond donors (Lipinski definition) is 0. The molecule has 4 fully saturated rings. The fraction of sp³-hybridized carbons (Fsp3) is 0.683. The summed E-state index contributed by atoms with van der Waals surface area (Å²) in [6.45, 7) is 8.00. The number of carbonyl (C=O) groups excluding carboxylic acids is 1. The molecule has 42 heavy (non-hydrogen) atoms. The van der Waals surface area contributed by atoms with Crippen molar-refractivity contribution in [3.05, 3.63) is 71.8 Å². The second-order valence-electron chi connectivity index (χ2n) is 12.2. The van der Waals surface area contributed by atoms with Crippen LogP contribution in [0.3, 0.4) is 0 Å². The minimum absolute atomic E-state index is 0. The Balaban J connectivity index is 0.000000569. The molecular weight excluding hydrogens is 508 g/mol. The van der Waals surface area contributed by atoms with Crippen LogP contribution in [0.1, 0.15) is 182 Å². The maximum absolute atomic E-state index is 11.6. The molecular formula is C41H70O. The predicted molar refractivity (Wildman–Crippen MR) is 190 cm³/mol. The topological polar surface area (TPSA) is 17.1 Å². The molecule has 0 aromatic heterocycles. The van der Waals surface area contributed by atoms with Gasteiger partial charge in [-0.25, -0.2) is 0 Å². The summed E-state index contributed by atoms with van der Waals surface area (Å²) < 4.78 is 0. The lowest BCUT2D eigenvalue weighted by molar-refractivity contribution is -0.121. The second kappa shape index (κ2) is 24.5. The van der Waals surface area contributed by atoms with Crippen molar-refractivity contribution in [1.82, 2.24) is 0 Å². The molecule has 2 aromatic carbocycles. The van der Waals surface area contributed by atoms with Crippen molar-refractivity contribution < 1.29 is 6.22 Å². The largest absolute Gasteiger partial charge is 0.299 e. The summed E-state index contributed by atoms with van der Waals surface area (Å²) in [5, 5.41) is 0. The molecule has 6 rings (SSSR count). The SMILES string of the molecule is C.C1CCC(C2CCCCC2)CC1.CC.CC.O=C1CCCCC1c1ccccc1.[HH].c1ccc(C2CCCCC2)cc1. The van der Waals surface area contributed by atoms with E-state index in [-0.39, 0.29) is 14.8 Å². The fourth-order valence-corrected chi connectivity index (χ4v) is 7.39. The van der Waals surface area contributed by atoms with Crippen LogP contribution in [0.15, 0.2) is 60.7 Å². The van der Waals surface area contributed by atoms with Crippen LogP contribution < -0.4 is 0 Å². The lowest BCUT2D eigenvalue weighted by Crippen LogP contribution is -2.20. The van der Waals surface area contributed by atoms with Gasteiger partial charge in [0.1, 0.15) is 5.78 Å². The zero-order valence-electron chi connectivity index (χ0n) is 27.4. The average molecular weight is 579 g/mol. The van der Waals surface area contributed by atoms with Gasteiger partial charge in [0.2, 0.25) is 0 Å². The maximum Gasteiger partial charge on any atom is 0.140 e. The molecule has 2 aromatic rings. The first-order chi connectivity index (χ1) is 20.3. The van der Waals surface area contributed by atoms with E-state index in [0.717, 1.165) is 37.0 Å². The fourth-order valence-electron chi connectivity index (χ4n) is 7.39. The summed E-state index contributed by atoms with van der Waals surface area (Å²) in [4.78, 5) is 11.6. The van der Waals surface area contributed by atoms with Crippen LogP contribution in [-0.2, 0) is 4.79 Å². The minimum atomic E-state index is 0. The van der Waals surface area contributed by atoms with Gasteiger partial charge in [0.15, 0.2) is 0 Å². The molecule has 1 heteroatoms. The van der Waals surface area contributed by atoms with E-state index in [1.54, 1.807) is 31.2 Å². The zero-order valence-corrected chi connectivity index (χ0v) is 27.4. The number of carbonyl (C=O) groups is 1. The third kappa shape index (κ3) is 14.1. The lowest BCUT2D eigenvalue weighted by Gasteiger charge is -2.32. The van der Waals surface area contributed by atoms with Crippen LogP contribution >= 0.6 is 0 Å². The molecule has 4 aliphatic carbocycles. The van der Waals surface area contributed by atoms with Gasteiger partial charge in [-0.1, -0.05) is 186 Å². The number of hydrogen-bond acceptors (Lipinski definition) is 1. The molecule has 4 saturated carbocycles. The van der Waals surface area contributed by atoms with Gasteiger partial charge in [-0.05, 0) is 54.6 Å². The van der Waals surface area contributed by atoms with E-state index in [0.29, 0.717) is 5.78 Å². The van der Waals surface area contributed by atoms with Gasteiger partial charge < -0.3 is 0 Å². The molecule has 0 N–H and O–H groups in total. The Kier molecular flexibility index (Phi) is 22.3. The monoisotopic (exact) mass is 579 g/mol. The Morgan fingerprint density at radius 2 is 0.857 bits per heavy atom. The normalized spacial score (nSPS) is 21.2. The number of Topliss-reactive ketones (excluding diaryl/α,β-unsaturated/α-hetero) is 1. The van der Waals surface area contributed by atoms with Gasteiger partial charge in [-0.3, -0.25) is 4.79 Å². The summed E-state index contributed by atoms with van der Waals surface area (Å²) in [6, 6.07) is 21.1. The van der Waals surface area contributed by atoms with Gasteiger partial charge in [0.05, 0.1) is 0 Å². The standard InChI is InChI=1S/C12H14O.C12H22.C12H16.2C2H6.CH4.H2/c13-12-9-5-4-8-11(12)10-6-2-1-3-7-10;2*1-3-7-11(8-4-1)12-9-5-2-6-10-12;2*1-2;;/h1-3,6-7,11H,4-5,8-9H2;11-12H,1-10H2;1,3-4,7-8,12H,2,5-6,9-10H2;2*1-2H3;1H4;1H. The molecule has 0 heterocycles. The molecule has 240 valence electrons. The van der Waals surface area contributed by atoms with Gasteiger partial charge in [-0.2, -0.15) is 0 Å². The van der Waals surface area contributed by atoms with Gasteiger partial charge in [0, 0.05) is 13.8 Å². The van der Waals surface area contributed by atoms with Crippen LogP contribution in [0.4, 0.5) is 0 Å². The van der Waals surface area contributed by atoms with E-state index in [1.807, 2.05) is 45.9 Å². The quantitative estimate of drug-likeness (QED) is 0.354. The Labute approximate surface area is 264 Å². The summed E-state index contributed by atoms with van der Waals surface area (Å²) in [6.07, 6.45) is 26.6. The first-order valence-corrected chi connectivity index (χ1v) is 17.9. The van der Waals surface area contributed by atoms with Crippen molar-refractivity contribution in [2.75, 3.05) is 0 Å². The summed E-state index contributed by atoms with van der Waals surface area (Å²) >= 11 is 0.